The van der Waals surface area contributed by atoms with Gasteiger partial charge in [0.25, 0.3) is 5.91 Å². The average molecular weight is 347 g/mol. The number of aliphatic carboxylic acids is 1. The number of anilines is 1. The molecule has 0 aliphatic rings. The molecule has 10 heteroatoms. The number of benzene rings is 1. The second-order valence-electron chi connectivity index (χ2n) is 4.02. The lowest BCUT2D eigenvalue weighted by atomic mass is 10.1. The summed E-state index contributed by atoms with van der Waals surface area (Å²) in [4.78, 5) is 25.2. The molecular weight excluding hydrogens is 335 g/mol. The first kappa shape index (κ1) is 18.4. The van der Waals surface area contributed by atoms with Crippen LogP contribution >= 0.6 is 11.3 Å². The number of nitrogens with one attached hydrogen (secondary N) is 1. The van der Waals surface area contributed by atoms with Crippen LogP contribution < -0.4 is 11.1 Å². The van der Waals surface area contributed by atoms with Gasteiger partial charge in [-0.3, -0.25) is 4.79 Å². The molecule has 0 spiro atoms. The maximum Gasteiger partial charge on any atom is 0.490 e. The van der Waals surface area contributed by atoms with Crippen LogP contribution in [0, 0.1) is 0 Å². The van der Waals surface area contributed by atoms with Gasteiger partial charge in [0, 0.05) is 18.8 Å². The van der Waals surface area contributed by atoms with Gasteiger partial charge in [-0.15, -0.1) is 0 Å². The fourth-order valence-corrected chi connectivity index (χ4v) is 2.04. The van der Waals surface area contributed by atoms with Crippen LogP contribution in [0.15, 0.2) is 30.5 Å². The van der Waals surface area contributed by atoms with Gasteiger partial charge in [0.2, 0.25) is 0 Å². The third-order valence-electron chi connectivity index (χ3n) is 2.42. The van der Waals surface area contributed by atoms with E-state index in [9.17, 15) is 18.0 Å². The highest BCUT2D eigenvalue weighted by atomic mass is 32.1. The van der Waals surface area contributed by atoms with Gasteiger partial charge in [-0.1, -0.05) is 23.5 Å². The van der Waals surface area contributed by atoms with E-state index >= 15 is 0 Å². The highest BCUT2D eigenvalue weighted by Gasteiger charge is 2.38. The molecule has 0 atom stereocenters. The second-order valence-corrected chi connectivity index (χ2v) is 5.08. The zero-order valence-electron chi connectivity index (χ0n) is 11.7. The van der Waals surface area contributed by atoms with E-state index in [1.54, 1.807) is 25.4 Å². The molecule has 6 nitrogen and oxygen atoms in total. The predicted octanol–water partition coefficient (Wildman–Crippen LogP) is 2.39. The smallest absolute Gasteiger partial charge is 0.475 e. The summed E-state index contributed by atoms with van der Waals surface area (Å²) >= 11 is 1.43. The molecular formula is C13H12F3N3O3S. The number of nitrogens with zero attached hydrogens (tertiary/aromatic N) is 1. The Balaban J connectivity index is 0.000000322. The van der Waals surface area contributed by atoms with E-state index in [4.69, 9.17) is 15.6 Å². The molecule has 2 aromatic rings. The summed E-state index contributed by atoms with van der Waals surface area (Å²) in [7, 11) is 1.61. The van der Waals surface area contributed by atoms with Gasteiger partial charge in [-0.2, -0.15) is 13.2 Å². The number of hydrogen-bond donors (Lipinski definition) is 3. The highest BCUT2D eigenvalue weighted by molar-refractivity contribution is 7.18. The number of carbonyl (C=O) groups excluding carboxylic acids is 1. The molecule has 2 rings (SSSR count). The highest BCUT2D eigenvalue weighted by Crippen LogP contribution is 2.27. The monoisotopic (exact) mass is 347 g/mol. The van der Waals surface area contributed by atoms with Crippen LogP contribution in [0.1, 0.15) is 10.4 Å². The van der Waals surface area contributed by atoms with Crippen LogP contribution in [-0.2, 0) is 4.79 Å². The second kappa shape index (κ2) is 7.58. The fraction of sp³-hybridized carbons (Fsp3) is 0.154. The van der Waals surface area contributed by atoms with Crippen molar-refractivity contribution < 1.29 is 27.9 Å². The first-order valence-electron chi connectivity index (χ1n) is 5.99. The number of alkyl halides is 3. The number of halogens is 3. The standard InChI is InChI=1S/C11H11N3OS.C2HF3O2/c1-13-10(15)8-4-2-7(3-5-8)9-6-14-11(12)16-9;3-2(4,5)1(6)7/h2-6H,1H3,(H2,12,14)(H,13,15);(H,6,7). The van der Waals surface area contributed by atoms with Gasteiger partial charge < -0.3 is 16.2 Å². The van der Waals surface area contributed by atoms with Gasteiger partial charge in [-0.25, -0.2) is 9.78 Å². The van der Waals surface area contributed by atoms with Crippen LogP contribution in [0.2, 0.25) is 0 Å². The molecule has 23 heavy (non-hydrogen) atoms. The summed E-state index contributed by atoms with van der Waals surface area (Å²) in [6.45, 7) is 0. The number of carbonyl (C=O) groups is 2. The lowest BCUT2D eigenvalue weighted by Gasteiger charge is -2.00. The molecule has 124 valence electrons. The number of carboxylic acids is 1. The summed E-state index contributed by atoms with van der Waals surface area (Å²) in [5, 5.41) is 10.2. The van der Waals surface area contributed by atoms with E-state index < -0.39 is 12.1 Å². The Bertz CT molecular complexity index is 684. The van der Waals surface area contributed by atoms with Crippen molar-refractivity contribution in [1.82, 2.24) is 10.3 Å². The van der Waals surface area contributed by atoms with Gasteiger partial charge in [0.1, 0.15) is 0 Å². The van der Waals surface area contributed by atoms with Gasteiger partial charge in [-0.05, 0) is 17.7 Å². The average Bonchev–Trinajstić information content (AvgIpc) is 2.93. The number of rotatable bonds is 2. The van der Waals surface area contributed by atoms with E-state index in [-0.39, 0.29) is 5.91 Å². The summed E-state index contributed by atoms with van der Waals surface area (Å²) in [5.41, 5.74) is 7.22. The van der Waals surface area contributed by atoms with Crippen molar-refractivity contribution in [2.75, 3.05) is 12.8 Å². The molecule has 1 aromatic heterocycles. The minimum Gasteiger partial charge on any atom is -0.475 e. The maximum absolute atomic E-state index is 11.3. The summed E-state index contributed by atoms with van der Waals surface area (Å²) in [5.74, 6) is -2.84. The minimum absolute atomic E-state index is 0.0876. The molecule has 4 N–H and O–H groups in total. The minimum atomic E-state index is -5.08. The van der Waals surface area contributed by atoms with Crippen LogP contribution in [-0.4, -0.2) is 35.2 Å². The van der Waals surface area contributed by atoms with Crippen LogP contribution in [0.5, 0.6) is 0 Å². The van der Waals surface area contributed by atoms with Crippen LogP contribution in [0.4, 0.5) is 18.3 Å². The molecule has 1 heterocycles. The SMILES string of the molecule is CNC(=O)c1ccc(-c2cnc(N)s2)cc1.O=C(O)C(F)(F)F. The number of hydrogen-bond acceptors (Lipinski definition) is 5. The van der Waals surface area contributed by atoms with Crippen molar-refractivity contribution in [2.45, 2.75) is 6.18 Å². The first-order valence-corrected chi connectivity index (χ1v) is 6.80. The normalized spacial score (nSPS) is 10.4. The lowest BCUT2D eigenvalue weighted by Crippen LogP contribution is -2.21. The van der Waals surface area contributed by atoms with Crippen molar-refractivity contribution in [3.8, 4) is 10.4 Å². The molecule has 0 fully saturated rings. The molecule has 0 saturated heterocycles. The van der Waals surface area contributed by atoms with Crippen LogP contribution in [0.25, 0.3) is 10.4 Å². The van der Waals surface area contributed by atoms with Gasteiger partial charge in [0.05, 0.1) is 4.88 Å². The summed E-state index contributed by atoms with van der Waals surface area (Å²) in [6.07, 6.45) is -3.35. The van der Waals surface area contributed by atoms with E-state index in [1.165, 1.54) is 11.3 Å². The first-order chi connectivity index (χ1) is 10.6. The Morgan fingerprint density at radius 2 is 1.78 bits per heavy atom. The van der Waals surface area contributed by atoms with Crippen molar-refractivity contribution in [3.05, 3.63) is 36.0 Å². The number of aromatic nitrogens is 1. The summed E-state index contributed by atoms with van der Waals surface area (Å²) in [6, 6.07) is 7.34. The van der Waals surface area contributed by atoms with E-state index in [0.29, 0.717) is 10.7 Å². The zero-order valence-corrected chi connectivity index (χ0v) is 12.5. The Morgan fingerprint density at radius 1 is 1.26 bits per heavy atom. The predicted molar refractivity (Wildman–Crippen MR) is 79.0 cm³/mol. The Morgan fingerprint density at radius 3 is 2.13 bits per heavy atom. The third-order valence-corrected chi connectivity index (χ3v) is 3.30. The topological polar surface area (TPSA) is 105 Å². The maximum atomic E-state index is 11.3. The molecule has 1 aromatic carbocycles. The largest absolute Gasteiger partial charge is 0.490 e. The molecule has 0 radical (unpaired) electrons. The van der Waals surface area contributed by atoms with Gasteiger partial charge >= 0.3 is 12.1 Å². The quantitative estimate of drug-likeness (QED) is 0.773. The van der Waals surface area contributed by atoms with Gasteiger partial charge in [0.15, 0.2) is 5.13 Å². The van der Waals surface area contributed by atoms with Crippen molar-refractivity contribution in [3.63, 3.8) is 0 Å². The van der Waals surface area contributed by atoms with E-state index in [2.05, 4.69) is 10.3 Å². The molecule has 0 aliphatic carbocycles. The number of carboxylic acid groups (broad SMARTS) is 1. The third kappa shape index (κ3) is 5.58. The number of thiazole rings is 1. The number of amides is 1. The van der Waals surface area contributed by atoms with Crippen molar-refractivity contribution in [2.24, 2.45) is 0 Å². The number of nitrogen functional groups attached to an aromatic ring is 1. The zero-order chi connectivity index (χ0) is 17.6. The molecule has 0 saturated carbocycles. The van der Waals surface area contributed by atoms with Crippen molar-refractivity contribution >= 4 is 28.3 Å². The van der Waals surface area contributed by atoms with Crippen LogP contribution in [0.3, 0.4) is 0 Å². The molecule has 0 unspecified atom stereocenters. The van der Waals surface area contributed by atoms with E-state index in [0.717, 1.165) is 10.4 Å². The molecule has 0 bridgehead atoms. The van der Waals surface area contributed by atoms with Crippen molar-refractivity contribution in [1.29, 1.82) is 0 Å². The number of nitrogens with two attached hydrogens (primary N) is 1. The summed E-state index contributed by atoms with van der Waals surface area (Å²) < 4.78 is 31.7. The Kier molecular flexibility index (Phi) is 6.08. The molecule has 1 amide bonds. The fourth-order valence-electron chi connectivity index (χ4n) is 1.35. The Labute approximate surface area is 132 Å². The Hall–Kier alpha value is -2.62. The van der Waals surface area contributed by atoms with E-state index in [1.807, 2.05) is 12.1 Å². The lowest BCUT2D eigenvalue weighted by molar-refractivity contribution is -0.192. The molecule has 0 aliphatic heterocycles.